The molecule has 1 unspecified atom stereocenters. The fraction of sp³-hybridized carbons (Fsp3) is 0.357. The smallest absolute Gasteiger partial charge is 0.207 e. The standard InChI is InChI=1S/C23H23F5.C5H10/c1-3-4-5-6-7-16(2)12-22(17-8-10-20(24)11-9-17)18-13-19(23(26,27)28)15-21(25)14-18;1-4-5(2)3/h4-11,13-16,22H,3,12H2,1-2H3;4H,1-3H3/b5-4-,7-6-;/t16?,22-;/m1./s1. The first-order valence-corrected chi connectivity index (χ1v) is 11.0. The van der Waals surface area contributed by atoms with E-state index in [0.29, 0.717) is 18.1 Å². The zero-order valence-electron chi connectivity index (χ0n) is 19.9. The maximum absolute atomic E-state index is 13.9. The number of alkyl halides is 3. The van der Waals surface area contributed by atoms with Gasteiger partial charge in [-0.3, -0.25) is 0 Å². The van der Waals surface area contributed by atoms with Crippen molar-refractivity contribution in [1.29, 1.82) is 0 Å². The van der Waals surface area contributed by atoms with Gasteiger partial charge in [0.15, 0.2) is 0 Å². The van der Waals surface area contributed by atoms with E-state index in [1.165, 1.54) is 29.8 Å². The van der Waals surface area contributed by atoms with Crippen LogP contribution in [0.3, 0.4) is 0 Å². The van der Waals surface area contributed by atoms with Crippen molar-refractivity contribution in [3.8, 4) is 0 Å². The average molecular weight is 465 g/mol. The van der Waals surface area contributed by atoms with Gasteiger partial charge in [-0.2, -0.15) is 13.2 Å². The van der Waals surface area contributed by atoms with E-state index in [1.807, 2.05) is 45.1 Å². The van der Waals surface area contributed by atoms with Crippen LogP contribution < -0.4 is 0 Å². The number of halogens is 5. The van der Waals surface area contributed by atoms with E-state index in [9.17, 15) is 22.0 Å². The Morgan fingerprint density at radius 2 is 1.52 bits per heavy atom. The van der Waals surface area contributed by atoms with Crippen molar-refractivity contribution in [3.05, 3.63) is 107 Å². The Hall–Kier alpha value is -2.69. The van der Waals surface area contributed by atoms with Crippen LogP contribution in [0.15, 0.2) is 78.4 Å². The quantitative estimate of drug-likeness (QED) is 0.217. The van der Waals surface area contributed by atoms with E-state index < -0.39 is 29.3 Å². The summed E-state index contributed by atoms with van der Waals surface area (Å²) in [6, 6.07) is 8.18. The van der Waals surface area contributed by atoms with Gasteiger partial charge < -0.3 is 0 Å². The summed E-state index contributed by atoms with van der Waals surface area (Å²) in [5.41, 5.74) is 1.22. The van der Waals surface area contributed by atoms with Gasteiger partial charge in [0, 0.05) is 5.92 Å². The molecule has 33 heavy (non-hydrogen) atoms. The van der Waals surface area contributed by atoms with Crippen molar-refractivity contribution in [2.75, 3.05) is 0 Å². The van der Waals surface area contributed by atoms with Gasteiger partial charge >= 0.3 is 6.18 Å². The van der Waals surface area contributed by atoms with Gasteiger partial charge in [0.1, 0.15) is 11.6 Å². The molecule has 0 amide bonds. The van der Waals surface area contributed by atoms with Gasteiger partial charge in [-0.15, -0.1) is 0 Å². The summed E-state index contributed by atoms with van der Waals surface area (Å²) >= 11 is 0. The molecule has 180 valence electrons. The highest BCUT2D eigenvalue weighted by Crippen LogP contribution is 2.36. The molecule has 0 radical (unpaired) electrons. The number of allylic oxidation sites excluding steroid dienone is 6. The fourth-order valence-electron chi connectivity index (χ4n) is 3.06. The Kier molecular flexibility index (Phi) is 11.8. The van der Waals surface area contributed by atoms with E-state index in [0.717, 1.165) is 18.6 Å². The van der Waals surface area contributed by atoms with Crippen LogP contribution in [0.1, 0.15) is 70.1 Å². The molecule has 2 aromatic rings. The Bertz CT molecular complexity index is 930. The second kappa shape index (κ2) is 13.8. The van der Waals surface area contributed by atoms with Crippen LogP contribution in [0.2, 0.25) is 0 Å². The van der Waals surface area contributed by atoms with Crippen molar-refractivity contribution in [2.24, 2.45) is 5.92 Å². The molecule has 2 aromatic carbocycles. The van der Waals surface area contributed by atoms with Crippen LogP contribution in [-0.2, 0) is 6.18 Å². The topological polar surface area (TPSA) is 0 Å². The molecular weight excluding hydrogens is 431 g/mol. The van der Waals surface area contributed by atoms with Crippen molar-refractivity contribution in [3.63, 3.8) is 0 Å². The summed E-state index contributed by atoms with van der Waals surface area (Å²) in [4.78, 5) is 0. The van der Waals surface area contributed by atoms with Crippen LogP contribution in [-0.4, -0.2) is 0 Å². The lowest BCUT2D eigenvalue weighted by molar-refractivity contribution is -0.137. The maximum Gasteiger partial charge on any atom is 0.416 e. The van der Waals surface area contributed by atoms with Crippen LogP contribution in [0.25, 0.3) is 0 Å². The minimum Gasteiger partial charge on any atom is -0.207 e. The largest absolute Gasteiger partial charge is 0.416 e. The molecule has 0 heterocycles. The zero-order valence-corrected chi connectivity index (χ0v) is 19.9. The normalized spacial score (nSPS) is 13.5. The molecule has 0 aromatic heterocycles. The molecular formula is C28H33F5. The van der Waals surface area contributed by atoms with Crippen molar-refractivity contribution < 1.29 is 22.0 Å². The predicted octanol–water partition coefficient (Wildman–Crippen LogP) is 9.64. The van der Waals surface area contributed by atoms with Crippen LogP contribution in [0.5, 0.6) is 0 Å². The van der Waals surface area contributed by atoms with Gasteiger partial charge in [0.2, 0.25) is 0 Å². The van der Waals surface area contributed by atoms with Crippen molar-refractivity contribution >= 4 is 0 Å². The second-order valence-corrected chi connectivity index (χ2v) is 8.18. The second-order valence-electron chi connectivity index (χ2n) is 8.18. The molecule has 0 saturated heterocycles. The van der Waals surface area contributed by atoms with E-state index in [4.69, 9.17) is 0 Å². The zero-order chi connectivity index (χ0) is 25.0. The summed E-state index contributed by atoms with van der Waals surface area (Å²) < 4.78 is 66.7. The summed E-state index contributed by atoms with van der Waals surface area (Å²) in [6.07, 6.45) is 6.55. The van der Waals surface area contributed by atoms with E-state index >= 15 is 0 Å². The Balaban J connectivity index is 0.000000981. The number of benzene rings is 2. The Morgan fingerprint density at radius 1 is 0.909 bits per heavy atom. The van der Waals surface area contributed by atoms with Crippen LogP contribution in [0.4, 0.5) is 22.0 Å². The van der Waals surface area contributed by atoms with Crippen molar-refractivity contribution in [2.45, 2.75) is 59.6 Å². The molecule has 0 fully saturated rings. The number of rotatable bonds is 7. The molecule has 0 saturated carbocycles. The van der Waals surface area contributed by atoms with Gasteiger partial charge in [0.25, 0.3) is 0 Å². The van der Waals surface area contributed by atoms with Gasteiger partial charge in [-0.25, -0.2) is 8.78 Å². The third-order valence-corrected chi connectivity index (χ3v) is 5.03. The average Bonchev–Trinajstić information content (AvgIpc) is 2.75. The highest BCUT2D eigenvalue weighted by Gasteiger charge is 2.32. The lowest BCUT2D eigenvalue weighted by Gasteiger charge is -2.22. The molecule has 5 heteroatoms. The minimum atomic E-state index is -4.64. The highest BCUT2D eigenvalue weighted by molar-refractivity contribution is 5.36. The van der Waals surface area contributed by atoms with E-state index in [-0.39, 0.29) is 11.5 Å². The summed E-state index contributed by atoms with van der Waals surface area (Å²) in [7, 11) is 0. The molecule has 0 aliphatic carbocycles. The Labute approximate surface area is 194 Å². The lowest BCUT2D eigenvalue weighted by atomic mass is 9.83. The molecule has 0 aliphatic rings. The molecule has 2 atom stereocenters. The third kappa shape index (κ3) is 10.6. The van der Waals surface area contributed by atoms with Crippen LogP contribution >= 0.6 is 0 Å². The predicted molar refractivity (Wildman–Crippen MR) is 127 cm³/mol. The van der Waals surface area contributed by atoms with Crippen molar-refractivity contribution in [1.82, 2.24) is 0 Å². The number of hydrogen-bond acceptors (Lipinski definition) is 0. The first-order valence-electron chi connectivity index (χ1n) is 11.0. The first-order chi connectivity index (χ1) is 15.5. The minimum absolute atomic E-state index is 0.0224. The van der Waals surface area contributed by atoms with Gasteiger partial charge in [0.05, 0.1) is 5.56 Å². The molecule has 0 spiro atoms. The molecule has 2 rings (SSSR count). The maximum atomic E-state index is 13.9. The van der Waals surface area contributed by atoms with Gasteiger partial charge in [-0.05, 0) is 81.0 Å². The summed E-state index contributed by atoms with van der Waals surface area (Å²) in [6.45, 7) is 10.2. The summed E-state index contributed by atoms with van der Waals surface area (Å²) in [5.74, 6) is -1.84. The van der Waals surface area contributed by atoms with E-state index in [2.05, 4.69) is 19.9 Å². The molecule has 0 bridgehead atoms. The third-order valence-electron chi connectivity index (χ3n) is 5.03. The lowest BCUT2D eigenvalue weighted by Crippen LogP contribution is -2.10. The van der Waals surface area contributed by atoms with Gasteiger partial charge in [-0.1, -0.05) is 61.9 Å². The fourth-order valence-corrected chi connectivity index (χ4v) is 3.06. The first kappa shape index (κ1) is 28.3. The monoisotopic (exact) mass is 464 g/mol. The highest BCUT2D eigenvalue weighted by atomic mass is 19.4. The summed E-state index contributed by atoms with van der Waals surface area (Å²) in [5, 5.41) is 0. The molecule has 0 aliphatic heterocycles. The van der Waals surface area contributed by atoms with E-state index in [1.54, 1.807) is 0 Å². The number of hydrogen-bond donors (Lipinski definition) is 0. The molecule has 0 nitrogen and oxygen atoms in total. The molecule has 0 N–H and O–H groups in total. The Morgan fingerprint density at radius 3 is 2.03 bits per heavy atom. The SMILES string of the molecule is CC/C=C\C=C/C(C)C[C@H](c1ccc(F)cc1)c1cc(F)cc(C(F)(F)F)c1.CC=C(C)C. The van der Waals surface area contributed by atoms with Crippen LogP contribution in [0, 0.1) is 17.6 Å².